The van der Waals surface area contributed by atoms with E-state index in [4.69, 9.17) is 0 Å². The van der Waals surface area contributed by atoms with Gasteiger partial charge in [0.25, 0.3) is 10.0 Å². The summed E-state index contributed by atoms with van der Waals surface area (Å²) >= 11 is 0. The molecule has 0 spiro atoms. The van der Waals surface area contributed by atoms with Gasteiger partial charge in [0.15, 0.2) is 0 Å². The van der Waals surface area contributed by atoms with Crippen molar-refractivity contribution in [3.05, 3.63) is 47.7 Å². The topological polar surface area (TPSA) is 71.1 Å². The molecule has 0 saturated carbocycles. The van der Waals surface area contributed by atoms with E-state index in [0.717, 1.165) is 37.2 Å². The molecule has 0 bridgehead atoms. The van der Waals surface area contributed by atoms with Crippen LogP contribution in [0.3, 0.4) is 0 Å². The number of aryl methyl sites for hydroxylation is 2. The van der Waals surface area contributed by atoms with Crippen LogP contribution >= 0.6 is 0 Å². The molecule has 2 aromatic rings. The monoisotopic (exact) mass is 359 g/mol. The first kappa shape index (κ1) is 17.7. The molecule has 1 aliphatic carbocycles. The first-order valence-electron chi connectivity index (χ1n) is 8.78. The van der Waals surface area contributed by atoms with Crippen LogP contribution in [0.25, 0.3) is 0 Å². The highest BCUT2D eigenvalue weighted by Crippen LogP contribution is 2.25. The second kappa shape index (κ2) is 7.44. The van der Waals surface area contributed by atoms with Crippen LogP contribution in [0.2, 0.25) is 0 Å². The maximum Gasteiger partial charge on any atom is 0.261 e. The minimum atomic E-state index is -3.60. The van der Waals surface area contributed by atoms with Crippen LogP contribution in [0.4, 0.5) is 11.5 Å². The van der Waals surface area contributed by atoms with Gasteiger partial charge in [0, 0.05) is 6.54 Å². The van der Waals surface area contributed by atoms with Gasteiger partial charge in [-0.2, -0.15) is 0 Å². The molecule has 0 atom stereocenters. The molecule has 0 unspecified atom stereocenters. The van der Waals surface area contributed by atoms with Crippen molar-refractivity contribution in [1.29, 1.82) is 0 Å². The molecular weight excluding hydrogens is 334 g/mol. The molecule has 1 aromatic carbocycles. The van der Waals surface area contributed by atoms with Crippen molar-refractivity contribution in [2.45, 2.75) is 44.4 Å². The Morgan fingerprint density at radius 3 is 2.52 bits per heavy atom. The van der Waals surface area contributed by atoms with Crippen molar-refractivity contribution in [3.63, 3.8) is 0 Å². The number of hydrogen-bond donors (Lipinski definition) is 2. The van der Waals surface area contributed by atoms with E-state index in [2.05, 4.69) is 28.9 Å². The van der Waals surface area contributed by atoms with Crippen LogP contribution < -0.4 is 10.0 Å². The number of nitrogens with zero attached hydrogens (tertiary/aromatic N) is 1. The first-order valence-corrected chi connectivity index (χ1v) is 10.3. The highest BCUT2D eigenvalue weighted by atomic mass is 32.2. The quantitative estimate of drug-likeness (QED) is 0.822. The molecule has 1 aliphatic rings. The largest absolute Gasteiger partial charge is 0.370 e. The maximum absolute atomic E-state index is 12.6. The molecule has 5 nitrogen and oxygen atoms in total. The minimum Gasteiger partial charge on any atom is -0.370 e. The number of fused-ring (bicyclic) bond motifs is 1. The van der Waals surface area contributed by atoms with Gasteiger partial charge in [-0.15, -0.1) is 0 Å². The highest BCUT2D eigenvalue weighted by Gasteiger charge is 2.18. The van der Waals surface area contributed by atoms with Crippen molar-refractivity contribution in [3.8, 4) is 0 Å². The smallest absolute Gasteiger partial charge is 0.261 e. The van der Waals surface area contributed by atoms with Crippen LogP contribution in [0, 0.1) is 5.92 Å². The lowest BCUT2D eigenvalue weighted by molar-refractivity contribution is 0.600. The van der Waals surface area contributed by atoms with Crippen LogP contribution in [0.15, 0.2) is 41.4 Å². The fraction of sp³-hybridized carbons (Fsp3) is 0.421. The normalized spacial score (nSPS) is 14.2. The van der Waals surface area contributed by atoms with Crippen LogP contribution in [-0.4, -0.2) is 19.9 Å². The van der Waals surface area contributed by atoms with E-state index in [-0.39, 0.29) is 0 Å². The van der Waals surface area contributed by atoms with Crippen molar-refractivity contribution in [1.82, 2.24) is 4.98 Å². The van der Waals surface area contributed by atoms with Crippen LogP contribution in [0.1, 0.15) is 37.8 Å². The molecule has 6 heteroatoms. The second-order valence-corrected chi connectivity index (χ2v) is 8.63. The molecule has 3 rings (SSSR count). The van der Waals surface area contributed by atoms with Gasteiger partial charge in [0.1, 0.15) is 5.82 Å². The molecule has 0 radical (unpaired) electrons. The summed E-state index contributed by atoms with van der Waals surface area (Å²) in [6.45, 7) is 5.06. The van der Waals surface area contributed by atoms with Crippen molar-refractivity contribution in [2.24, 2.45) is 5.92 Å². The molecule has 1 heterocycles. The Morgan fingerprint density at radius 1 is 1.08 bits per heavy atom. The lowest BCUT2D eigenvalue weighted by Crippen LogP contribution is -2.15. The average molecular weight is 359 g/mol. The number of sulfonamides is 1. The number of rotatable bonds is 6. The summed E-state index contributed by atoms with van der Waals surface area (Å²) in [5.41, 5.74) is 2.89. The molecule has 25 heavy (non-hydrogen) atoms. The summed E-state index contributed by atoms with van der Waals surface area (Å²) in [6, 6.07) is 8.96. The van der Waals surface area contributed by atoms with Crippen LogP contribution in [0.5, 0.6) is 0 Å². The summed E-state index contributed by atoms with van der Waals surface area (Å²) in [5.74, 6) is 1.26. The van der Waals surface area contributed by atoms with Gasteiger partial charge >= 0.3 is 0 Å². The minimum absolute atomic E-state index is 0.315. The molecule has 0 saturated heterocycles. The van der Waals surface area contributed by atoms with Gasteiger partial charge in [-0.25, -0.2) is 13.4 Å². The van der Waals surface area contributed by atoms with E-state index in [0.29, 0.717) is 16.5 Å². The number of benzene rings is 1. The fourth-order valence-corrected chi connectivity index (χ4v) is 4.05. The van der Waals surface area contributed by atoms with Gasteiger partial charge in [-0.05, 0) is 67.0 Å². The Kier molecular flexibility index (Phi) is 5.27. The zero-order chi connectivity index (χ0) is 17.9. The lowest BCUT2D eigenvalue weighted by Gasteiger charge is -2.17. The Labute approximate surface area is 149 Å². The third kappa shape index (κ3) is 4.51. The fourth-order valence-electron chi connectivity index (χ4n) is 2.96. The van der Waals surface area contributed by atoms with Gasteiger partial charge in [-0.3, -0.25) is 4.72 Å². The molecule has 0 amide bonds. The average Bonchev–Trinajstić information content (AvgIpc) is 2.60. The van der Waals surface area contributed by atoms with E-state index in [1.165, 1.54) is 12.0 Å². The molecule has 1 aromatic heterocycles. The first-order chi connectivity index (χ1) is 11.9. The molecule has 0 fully saturated rings. The SMILES string of the molecule is CC(C)CNc1ccc(NS(=O)(=O)c2ccc3c(c2)CCCC3)cn1. The predicted octanol–water partition coefficient (Wildman–Crippen LogP) is 3.83. The van der Waals surface area contributed by atoms with Crippen molar-refractivity contribution in [2.75, 3.05) is 16.6 Å². The Hall–Kier alpha value is -2.08. The number of hydrogen-bond acceptors (Lipinski definition) is 4. The molecule has 2 N–H and O–H groups in total. The molecule has 0 aliphatic heterocycles. The van der Waals surface area contributed by atoms with Crippen molar-refractivity contribution < 1.29 is 8.42 Å². The molecule has 134 valence electrons. The number of aromatic nitrogens is 1. The zero-order valence-electron chi connectivity index (χ0n) is 14.7. The second-order valence-electron chi connectivity index (χ2n) is 6.95. The summed E-state index contributed by atoms with van der Waals surface area (Å²) in [7, 11) is -3.60. The van der Waals surface area contributed by atoms with Gasteiger partial charge < -0.3 is 5.32 Å². The summed E-state index contributed by atoms with van der Waals surface area (Å²) in [6.07, 6.45) is 5.84. The van der Waals surface area contributed by atoms with Gasteiger partial charge in [-0.1, -0.05) is 19.9 Å². The van der Waals surface area contributed by atoms with E-state index in [9.17, 15) is 8.42 Å². The van der Waals surface area contributed by atoms with E-state index in [1.54, 1.807) is 24.4 Å². The summed E-state index contributed by atoms with van der Waals surface area (Å²) in [5, 5.41) is 3.21. The summed E-state index contributed by atoms with van der Waals surface area (Å²) < 4.78 is 27.9. The summed E-state index contributed by atoms with van der Waals surface area (Å²) in [4.78, 5) is 4.58. The van der Waals surface area contributed by atoms with Crippen LogP contribution in [-0.2, 0) is 22.9 Å². The van der Waals surface area contributed by atoms with E-state index >= 15 is 0 Å². The Balaban J connectivity index is 1.73. The molecular formula is C19H25N3O2S. The third-order valence-electron chi connectivity index (χ3n) is 4.34. The maximum atomic E-state index is 12.6. The van der Waals surface area contributed by atoms with Crippen molar-refractivity contribution >= 4 is 21.5 Å². The Bertz CT molecular complexity index is 830. The zero-order valence-corrected chi connectivity index (χ0v) is 15.6. The number of anilines is 2. The number of nitrogens with one attached hydrogen (secondary N) is 2. The van der Waals surface area contributed by atoms with Gasteiger partial charge in [0.05, 0.1) is 16.8 Å². The Morgan fingerprint density at radius 2 is 1.84 bits per heavy atom. The predicted molar refractivity (Wildman–Crippen MR) is 101 cm³/mol. The third-order valence-corrected chi connectivity index (χ3v) is 5.72. The van der Waals surface area contributed by atoms with E-state index in [1.807, 2.05) is 12.1 Å². The number of pyridine rings is 1. The lowest BCUT2D eigenvalue weighted by atomic mass is 9.92. The standard InChI is InChI=1S/C19H25N3O2S/c1-14(2)12-20-19-10-8-17(13-21-19)22-25(23,24)18-9-7-15-5-3-4-6-16(15)11-18/h7-11,13-14,22H,3-6,12H2,1-2H3,(H,20,21). The highest BCUT2D eigenvalue weighted by molar-refractivity contribution is 7.92. The van der Waals surface area contributed by atoms with E-state index < -0.39 is 10.0 Å². The van der Waals surface area contributed by atoms with Gasteiger partial charge in [0.2, 0.25) is 0 Å².